The molecule has 50 heavy (non-hydrogen) atoms. The van der Waals surface area contributed by atoms with Gasteiger partial charge in [0.2, 0.25) is 33.5 Å². The summed E-state index contributed by atoms with van der Waals surface area (Å²) in [6.45, 7) is 20.3. The molecule has 0 bridgehead atoms. The van der Waals surface area contributed by atoms with Gasteiger partial charge in [0.1, 0.15) is 18.1 Å². The average molecular weight is 720 g/mol. The van der Waals surface area contributed by atoms with E-state index < -0.39 is 79.2 Å². The Morgan fingerprint density at radius 1 is 0.940 bits per heavy atom. The number of likely N-dealkylation sites (tertiary alicyclic amines) is 1. The third-order valence-electron chi connectivity index (χ3n) is 11.7. The highest BCUT2D eigenvalue weighted by Gasteiger charge is 2.70. The fourth-order valence-electron chi connectivity index (χ4n) is 7.93. The van der Waals surface area contributed by atoms with Crippen LogP contribution in [0.15, 0.2) is 12.7 Å². The molecule has 6 atom stereocenters. The summed E-state index contributed by atoms with van der Waals surface area (Å²) in [5.74, 6) is -2.90. The summed E-state index contributed by atoms with van der Waals surface area (Å²) in [7, 11) is -3.93. The van der Waals surface area contributed by atoms with E-state index in [9.17, 15) is 32.4 Å². The van der Waals surface area contributed by atoms with E-state index in [1.807, 2.05) is 27.7 Å². The average Bonchev–Trinajstić information content (AvgIpc) is 3.86. The van der Waals surface area contributed by atoms with Crippen LogP contribution in [0.25, 0.3) is 0 Å². The number of piperidine rings is 1. The van der Waals surface area contributed by atoms with Crippen LogP contribution in [-0.2, 0) is 34.0 Å². The zero-order chi connectivity index (χ0) is 37.6. The van der Waals surface area contributed by atoms with Gasteiger partial charge in [0.25, 0.3) is 5.91 Å². The second-order valence-electron chi connectivity index (χ2n) is 18.2. The van der Waals surface area contributed by atoms with Crippen molar-refractivity contribution < 1.29 is 32.4 Å². The first-order valence-corrected chi connectivity index (χ1v) is 19.8. The molecule has 282 valence electrons. The first-order valence-electron chi connectivity index (χ1n) is 18.3. The summed E-state index contributed by atoms with van der Waals surface area (Å²) in [5, 5.41) is 8.33. The number of nitrogens with one attached hydrogen (secondary N) is 4. The molecule has 4 fully saturated rings. The Bertz CT molecular complexity index is 1470. The van der Waals surface area contributed by atoms with Crippen molar-refractivity contribution in [3.63, 3.8) is 0 Å². The second kappa shape index (κ2) is 14.3. The highest BCUT2D eigenvalue weighted by atomic mass is 32.2. The molecule has 4 amide bonds. The van der Waals surface area contributed by atoms with Gasteiger partial charge < -0.3 is 20.9 Å². The van der Waals surface area contributed by atoms with Crippen molar-refractivity contribution in [2.24, 2.45) is 34.0 Å². The Balaban J connectivity index is 1.61. The lowest BCUT2D eigenvalue weighted by Crippen LogP contribution is -2.64. The van der Waals surface area contributed by atoms with Gasteiger partial charge in [-0.25, -0.2) is 13.1 Å². The number of hydrogen-bond donors (Lipinski definition) is 4. The standard InChI is InChI=1S/C37H61N5O7S/c1-11-19-38-31(45)27(43)24(20-22-15-16-22)39-30(44)26-25-23(36(25,8)9)21-42(26)33(47)29(34(2,3)4)40-32(46)28(37(10)17-13-12-14-18-37)41-50(48,49)35(5,6)7/h11,22-26,28-29,41H,1,12-21H2,2-10H3,(H,38,45)(H,39,44)(H,40,46)/t23?,24?,25?,26-,28+,29+/m0/s1. The van der Waals surface area contributed by atoms with Crippen molar-refractivity contribution in [1.29, 1.82) is 0 Å². The summed E-state index contributed by atoms with van der Waals surface area (Å²) in [6, 6.07) is -4.10. The Hall–Kier alpha value is -2.80. The summed E-state index contributed by atoms with van der Waals surface area (Å²) < 4.78 is 28.4. The van der Waals surface area contributed by atoms with Gasteiger partial charge in [-0.15, -0.1) is 6.58 Å². The number of fused-ring (bicyclic) bond motifs is 1. The van der Waals surface area contributed by atoms with Gasteiger partial charge in [0.15, 0.2) is 0 Å². The summed E-state index contributed by atoms with van der Waals surface area (Å²) in [4.78, 5) is 70.5. The van der Waals surface area contributed by atoms with E-state index in [0.717, 1.165) is 32.1 Å². The first kappa shape index (κ1) is 40.0. The van der Waals surface area contributed by atoms with E-state index in [0.29, 0.717) is 25.8 Å². The van der Waals surface area contributed by atoms with Crippen molar-refractivity contribution in [3.05, 3.63) is 12.7 Å². The molecule has 3 aliphatic carbocycles. The van der Waals surface area contributed by atoms with Crippen molar-refractivity contribution >= 4 is 39.4 Å². The fraction of sp³-hybridized carbons (Fsp3) is 0.811. The van der Waals surface area contributed by atoms with Crippen LogP contribution in [0.3, 0.4) is 0 Å². The Kier molecular flexibility index (Phi) is 11.4. The number of rotatable bonds is 14. The molecule has 0 aromatic heterocycles. The van der Waals surface area contributed by atoms with Gasteiger partial charge in [0, 0.05) is 13.1 Å². The maximum atomic E-state index is 14.6. The topological polar surface area (TPSA) is 171 Å². The lowest BCUT2D eigenvalue weighted by molar-refractivity contribution is -0.147. The third kappa shape index (κ3) is 8.45. The third-order valence-corrected chi connectivity index (χ3v) is 13.9. The minimum atomic E-state index is -3.93. The number of ketones is 1. The maximum absolute atomic E-state index is 14.6. The van der Waals surface area contributed by atoms with E-state index in [1.54, 1.807) is 20.8 Å². The summed E-state index contributed by atoms with van der Waals surface area (Å²) in [5.41, 5.74) is -1.68. The molecule has 13 heteroatoms. The quantitative estimate of drug-likeness (QED) is 0.158. The van der Waals surface area contributed by atoms with Gasteiger partial charge in [-0.1, -0.05) is 79.7 Å². The minimum absolute atomic E-state index is 0.0412. The van der Waals surface area contributed by atoms with Crippen LogP contribution in [0, 0.1) is 34.0 Å². The van der Waals surface area contributed by atoms with Crippen molar-refractivity contribution in [1.82, 2.24) is 25.6 Å². The van der Waals surface area contributed by atoms with Crippen LogP contribution in [0.4, 0.5) is 0 Å². The van der Waals surface area contributed by atoms with Crippen LogP contribution in [0.2, 0.25) is 0 Å². The van der Waals surface area contributed by atoms with E-state index in [-0.39, 0.29) is 29.7 Å². The number of carbonyl (C=O) groups excluding carboxylic acids is 5. The van der Waals surface area contributed by atoms with Crippen LogP contribution in [0.5, 0.6) is 0 Å². The van der Waals surface area contributed by atoms with Crippen molar-refractivity contribution in [2.45, 2.75) is 143 Å². The van der Waals surface area contributed by atoms with Gasteiger partial charge in [-0.05, 0) is 74.0 Å². The zero-order valence-electron chi connectivity index (χ0n) is 31.6. The predicted octanol–water partition coefficient (Wildman–Crippen LogP) is 3.21. The molecule has 4 rings (SSSR count). The van der Waals surface area contributed by atoms with Crippen molar-refractivity contribution in [3.8, 4) is 0 Å². The van der Waals surface area contributed by atoms with Crippen LogP contribution in [0.1, 0.15) is 114 Å². The molecule has 4 aliphatic rings. The Morgan fingerprint density at radius 2 is 1.54 bits per heavy atom. The molecule has 12 nitrogen and oxygen atoms in total. The van der Waals surface area contributed by atoms with Gasteiger partial charge in [-0.3, -0.25) is 24.0 Å². The van der Waals surface area contributed by atoms with Crippen LogP contribution < -0.4 is 20.7 Å². The van der Waals surface area contributed by atoms with E-state index in [2.05, 4.69) is 41.1 Å². The van der Waals surface area contributed by atoms with Crippen LogP contribution >= 0.6 is 0 Å². The number of hydrogen-bond acceptors (Lipinski definition) is 7. The molecule has 0 spiro atoms. The largest absolute Gasteiger partial charge is 0.346 e. The smallest absolute Gasteiger partial charge is 0.289 e. The predicted molar refractivity (Wildman–Crippen MR) is 192 cm³/mol. The highest BCUT2D eigenvalue weighted by Crippen LogP contribution is 2.65. The molecular weight excluding hydrogens is 659 g/mol. The highest BCUT2D eigenvalue weighted by molar-refractivity contribution is 7.90. The first-order chi connectivity index (χ1) is 23.0. The molecule has 0 aromatic rings. The lowest BCUT2D eigenvalue weighted by Gasteiger charge is -2.43. The number of Topliss-reactive ketones (excluding diaryl/α,β-unsaturated/α-hetero) is 1. The van der Waals surface area contributed by atoms with E-state index in [1.165, 1.54) is 11.0 Å². The fourth-order valence-corrected chi connectivity index (χ4v) is 8.99. The molecule has 3 saturated carbocycles. The van der Waals surface area contributed by atoms with E-state index in [4.69, 9.17) is 0 Å². The molecule has 0 radical (unpaired) electrons. The molecule has 1 aliphatic heterocycles. The summed E-state index contributed by atoms with van der Waals surface area (Å²) >= 11 is 0. The number of amides is 4. The monoisotopic (exact) mass is 719 g/mol. The number of sulfonamides is 1. The van der Waals surface area contributed by atoms with Crippen LogP contribution in [-0.4, -0.2) is 84.7 Å². The normalized spacial score (nSPS) is 26.1. The van der Waals surface area contributed by atoms with Crippen molar-refractivity contribution in [2.75, 3.05) is 13.1 Å². The molecular formula is C37H61N5O7S. The molecule has 4 N–H and O–H groups in total. The van der Waals surface area contributed by atoms with E-state index >= 15 is 0 Å². The molecule has 0 aromatic carbocycles. The second-order valence-corrected chi connectivity index (χ2v) is 20.6. The summed E-state index contributed by atoms with van der Waals surface area (Å²) in [6.07, 6.45) is 7.69. The maximum Gasteiger partial charge on any atom is 0.289 e. The number of carbonyl (C=O) groups is 5. The van der Waals surface area contributed by atoms with Gasteiger partial charge in [0.05, 0.1) is 10.8 Å². The Labute approximate surface area is 299 Å². The zero-order valence-corrected chi connectivity index (χ0v) is 32.4. The minimum Gasteiger partial charge on any atom is -0.346 e. The number of nitrogens with zero attached hydrogens (tertiary/aromatic N) is 1. The molecule has 1 heterocycles. The Morgan fingerprint density at radius 3 is 2.06 bits per heavy atom. The van der Waals surface area contributed by atoms with Gasteiger partial charge in [-0.2, -0.15) is 0 Å². The SMILES string of the molecule is C=CCNC(=O)C(=O)C(CC1CC1)NC(=O)[C@@H]1C2C(CN1C(=O)[C@@H](NC(=O)[C@@H](NS(=O)(=O)C(C)(C)C)C1(C)CCCCC1)C(C)(C)C)C2(C)C. The molecule has 3 unspecified atom stereocenters. The molecule has 1 saturated heterocycles. The lowest BCUT2D eigenvalue weighted by atomic mass is 9.70. The van der Waals surface area contributed by atoms with Gasteiger partial charge >= 0.3 is 0 Å².